The van der Waals surface area contributed by atoms with E-state index in [1.54, 1.807) is 0 Å². The normalized spacial score (nSPS) is 17.1. The Morgan fingerprint density at radius 2 is 0.986 bits per heavy atom. The molecule has 9 aromatic rings. The number of anilines is 5. The van der Waals surface area contributed by atoms with Crippen LogP contribution >= 0.6 is 11.8 Å². The highest BCUT2D eigenvalue weighted by Crippen LogP contribution is 2.59. The van der Waals surface area contributed by atoms with Crippen LogP contribution in [0.4, 0.5) is 28.4 Å². The van der Waals surface area contributed by atoms with Gasteiger partial charge in [0.05, 0.1) is 6.04 Å². The Balaban J connectivity index is 1.17. The molecule has 1 aliphatic carbocycles. The van der Waals surface area contributed by atoms with Gasteiger partial charge in [-0.2, -0.15) is 0 Å². The third-order valence-electron chi connectivity index (χ3n) is 16.7. The minimum Gasteiger partial charge on any atom is -0.334 e. The summed E-state index contributed by atoms with van der Waals surface area (Å²) in [5, 5.41) is 5.69. The highest BCUT2D eigenvalue weighted by Gasteiger charge is 2.56. The van der Waals surface area contributed by atoms with Gasteiger partial charge in [0, 0.05) is 43.9 Å². The van der Waals surface area contributed by atoms with Crippen LogP contribution in [0.2, 0.25) is 0 Å². The number of thioether (sulfide) groups is 1. The Hall–Kier alpha value is -6.79. The van der Waals surface area contributed by atoms with Gasteiger partial charge in [0.25, 0.3) is 0 Å². The van der Waals surface area contributed by atoms with Gasteiger partial charge in [-0.15, -0.1) is 11.8 Å². The van der Waals surface area contributed by atoms with Crippen LogP contribution < -0.4 is 41.5 Å². The lowest BCUT2D eigenvalue weighted by molar-refractivity contribution is 0.590. The molecule has 2 nitrogen and oxygen atoms in total. The monoisotopic (exact) mass is 964 g/mol. The topological polar surface area (TPSA) is 6.48 Å². The van der Waals surface area contributed by atoms with Gasteiger partial charge in [0.2, 0.25) is 6.71 Å². The Morgan fingerprint density at radius 1 is 0.472 bits per heavy atom. The van der Waals surface area contributed by atoms with Crippen LogP contribution in [0.5, 0.6) is 0 Å². The third-order valence-corrected chi connectivity index (χ3v) is 22.9. The van der Waals surface area contributed by atoms with E-state index >= 15 is 0 Å². The fraction of sp³-hybridized carbons (Fsp3) is 0.194. The van der Waals surface area contributed by atoms with Crippen LogP contribution in [-0.4, -0.2) is 19.9 Å². The van der Waals surface area contributed by atoms with Gasteiger partial charge in [-0.25, -0.2) is 0 Å². The Labute approximate surface area is 432 Å². The SMILES string of the molecule is CC(C)(C)c1ccc(N2c3ccccc3B3c4c2cc([Si](c2ccccc2)(c2ccccc2)c2ccccc2)cc4N(c2ccc(C(C)(C)C)cc2)C2c4cc5c(cc4SC32)C(C)(C)c2ccccc2-5)cc1. The van der Waals surface area contributed by atoms with E-state index in [2.05, 4.69) is 289 Å². The molecular formula is C67H61BN2SSi. The molecule has 0 saturated carbocycles. The van der Waals surface area contributed by atoms with Crippen LogP contribution in [0, 0.1) is 0 Å². The maximum atomic E-state index is 2.81. The first-order chi connectivity index (χ1) is 34.7. The second kappa shape index (κ2) is 16.4. The van der Waals surface area contributed by atoms with Crippen molar-refractivity contribution < 1.29 is 0 Å². The summed E-state index contributed by atoms with van der Waals surface area (Å²) in [5.41, 5.74) is 18.7. The molecule has 352 valence electrons. The zero-order valence-electron chi connectivity index (χ0n) is 42.7. The van der Waals surface area contributed by atoms with Crippen LogP contribution in [0.25, 0.3) is 11.1 Å². The fourth-order valence-corrected chi connectivity index (χ4v) is 19.5. The van der Waals surface area contributed by atoms with Gasteiger partial charge in [-0.1, -0.05) is 213 Å². The van der Waals surface area contributed by atoms with E-state index in [9.17, 15) is 0 Å². The first-order valence-corrected chi connectivity index (χ1v) is 28.8. The zero-order valence-corrected chi connectivity index (χ0v) is 44.6. The summed E-state index contributed by atoms with van der Waals surface area (Å²) >= 11 is 2.12. The number of nitrogens with zero attached hydrogens (tertiary/aromatic N) is 2. The predicted octanol–water partition coefficient (Wildman–Crippen LogP) is 13.3. The minimum absolute atomic E-state index is 0.0166. The lowest BCUT2D eigenvalue weighted by Crippen LogP contribution is -2.75. The summed E-state index contributed by atoms with van der Waals surface area (Å²) in [7, 11) is -3.06. The Kier molecular flexibility index (Phi) is 10.3. The van der Waals surface area contributed by atoms with Crippen molar-refractivity contribution in [2.75, 3.05) is 9.80 Å². The lowest BCUT2D eigenvalue weighted by atomic mass is 9.33. The van der Waals surface area contributed by atoms with Crippen molar-refractivity contribution in [2.45, 2.75) is 87.7 Å². The maximum absolute atomic E-state index is 3.06. The second-order valence-corrected chi connectivity index (χ2v) is 28.3. The first kappa shape index (κ1) is 45.1. The number of para-hydroxylation sites is 1. The van der Waals surface area contributed by atoms with E-state index in [0.717, 1.165) is 0 Å². The van der Waals surface area contributed by atoms with Gasteiger partial charge in [0.15, 0.2) is 8.07 Å². The molecule has 5 heteroatoms. The van der Waals surface area contributed by atoms with Crippen molar-refractivity contribution in [1.82, 2.24) is 0 Å². The van der Waals surface area contributed by atoms with Crippen molar-refractivity contribution >= 4 is 86.7 Å². The van der Waals surface area contributed by atoms with Gasteiger partial charge >= 0.3 is 0 Å². The van der Waals surface area contributed by atoms with Crippen molar-refractivity contribution in [3.63, 3.8) is 0 Å². The molecule has 2 atom stereocenters. The van der Waals surface area contributed by atoms with Crippen molar-refractivity contribution in [2.24, 2.45) is 0 Å². The summed E-state index contributed by atoms with van der Waals surface area (Å²) < 4.78 is 0. The first-order valence-electron chi connectivity index (χ1n) is 25.9. The molecular weight excluding hydrogens is 904 g/mol. The number of rotatable bonds is 6. The largest absolute Gasteiger partial charge is 0.334 e. The molecule has 0 N–H and O–H groups in total. The summed E-state index contributed by atoms with van der Waals surface area (Å²) in [6.07, 6.45) is 0. The summed E-state index contributed by atoms with van der Waals surface area (Å²) in [6, 6.07) is 82.7. The van der Waals surface area contributed by atoms with Crippen LogP contribution in [0.1, 0.15) is 89.2 Å². The molecule has 9 aromatic carbocycles. The molecule has 2 unspecified atom stereocenters. The predicted molar refractivity (Wildman–Crippen MR) is 312 cm³/mol. The molecule has 0 fully saturated rings. The highest BCUT2D eigenvalue weighted by atomic mass is 32.2. The second-order valence-electron chi connectivity index (χ2n) is 23.2. The van der Waals surface area contributed by atoms with E-state index in [-0.39, 0.29) is 34.1 Å². The Bertz CT molecular complexity index is 3460. The standard InChI is InChI=1S/C67H61BN2SSi/c1-65(2,3)44-32-36-46(37-33-44)69-58-31-21-20-30-57(58)68-62-59(69)40-51(72(48-22-12-9-13-23-48,49-24-14-10-15-25-49)50-26-16-11-17-27-50)41-60(62)70(47-38-34-45(35-39-47)66(4,5)6)63-54-42-53-52-28-18-19-29-55(52)67(7,8)56(53)43-61(54)71-64(63)68/h9-43,63-64H,1-8H3. The average Bonchev–Trinajstić information content (AvgIpc) is 3.87. The number of benzene rings is 9. The van der Waals surface area contributed by atoms with Gasteiger partial charge < -0.3 is 9.80 Å². The molecule has 3 aliphatic heterocycles. The van der Waals surface area contributed by atoms with Crippen molar-refractivity contribution in [1.29, 1.82) is 0 Å². The van der Waals surface area contributed by atoms with Crippen LogP contribution in [0.3, 0.4) is 0 Å². The minimum atomic E-state index is -3.06. The molecule has 4 aliphatic rings. The third kappa shape index (κ3) is 6.69. The Morgan fingerprint density at radius 3 is 1.57 bits per heavy atom. The summed E-state index contributed by atoms with van der Waals surface area (Å²) in [5.74, 6) is 0. The van der Waals surface area contributed by atoms with Crippen LogP contribution in [0.15, 0.2) is 217 Å². The number of fused-ring (bicyclic) bond motifs is 9. The molecule has 0 spiro atoms. The molecule has 0 radical (unpaired) electrons. The molecule has 0 saturated heterocycles. The lowest BCUT2D eigenvalue weighted by Gasteiger charge is -2.49. The van der Waals surface area contributed by atoms with Gasteiger partial charge in [0.1, 0.15) is 0 Å². The molecule has 0 aromatic heterocycles. The van der Waals surface area contributed by atoms with Crippen molar-refractivity contribution in [3.05, 3.63) is 240 Å². The van der Waals surface area contributed by atoms with E-state index in [0.29, 0.717) is 0 Å². The van der Waals surface area contributed by atoms with Crippen molar-refractivity contribution in [3.8, 4) is 11.1 Å². The summed E-state index contributed by atoms with van der Waals surface area (Å²) in [4.78, 5) is 6.85. The van der Waals surface area contributed by atoms with E-state index in [4.69, 9.17) is 0 Å². The van der Waals surface area contributed by atoms with Gasteiger partial charge in [-0.3, -0.25) is 0 Å². The average molecular weight is 965 g/mol. The smallest absolute Gasteiger partial charge is 0.233 e. The molecule has 0 bridgehead atoms. The fourth-order valence-electron chi connectivity index (χ4n) is 13.1. The maximum Gasteiger partial charge on any atom is 0.233 e. The number of hydrogen-bond acceptors (Lipinski definition) is 3. The van der Waals surface area contributed by atoms with E-state index in [1.165, 1.54) is 104 Å². The molecule has 13 rings (SSSR count). The van der Waals surface area contributed by atoms with Gasteiger partial charge in [-0.05, 0) is 136 Å². The quantitative estimate of drug-likeness (QED) is 0.121. The number of hydrogen-bond donors (Lipinski definition) is 0. The van der Waals surface area contributed by atoms with Crippen LogP contribution in [-0.2, 0) is 16.2 Å². The zero-order chi connectivity index (χ0) is 49.3. The highest BCUT2D eigenvalue weighted by molar-refractivity contribution is 8.02. The van der Waals surface area contributed by atoms with E-state index in [1.807, 2.05) is 0 Å². The molecule has 0 amide bonds. The summed E-state index contributed by atoms with van der Waals surface area (Å²) in [6.45, 7) is 18.9. The molecule has 3 heterocycles. The van der Waals surface area contributed by atoms with E-state index < -0.39 is 8.07 Å². The molecule has 72 heavy (non-hydrogen) atoms.